The SMILES string of the molecule is CCOC(=O)c1nnn(CCc2cccs2)c1C(C)(C)C. The van der Waals surface area contributed by atoms with Gasteiger partial charge in [-0.05, 0) is 18.4 Å². The summed E-state index contributed by atoms with van der Waals surface area (Å²) in [6.45, 7) is 8.99. The predicted octanol–water partition coefficient (Wildman–Crippen LogP) is 3.06. The van der Waals surface area contributed by atoms with Crippen LogP contribution in [0.15, 0.2) is 17.5 Å². The summed E-state index contributed by atoms with van der Waals surface area (Å²) in [6.07, 6.45) is 0.881. The number of aryl methyl sites for hydroxylation is 2. The Hall–Kier alpha value is -1.69. The molecule has 0 aromatic carbocycles. The fraction of sp³-hybridized carbons (Fsp3) is 0.533. The molecule has 0 atom stereocenters. The molecule has 0 aliphatic rings. The summed E-state index contributed by atoms with van der Waals surface area (Å²) < 4.78 is 6.90. The molecule has 0 radical (unpaired) electrons. The number of nitrogens with zero attached hydrogens (tertiary/aromatic N) is 3. The van der Waals surface area contributed by atoms with Gasteiger partial charge in [-0.25, -0.2) is 9.48 Å². The lowest BCUT2D eigenvalue weighted by molar-refractivity contribution is 0.0516. The van der Waals surface area contributed by atoms with Crippen LogP contribution in [-0.4, -0.2) is 27.6 Å². The first-order valence-electron chi connectivity index (χ1n) is 7.07. The van der Waals surface area contributed by atoms with Crippen molar-refractivity contribution >= 4 is 17.3 Å². The molecule has 0 bridgehead atoms. The van der Waals surface area contributed by atoms with Crippen molar-refractivity contribution in [3.8, 4) is 0 Å². The first kappa shape index (κ1) is 15.7. The molecule has 0 unspecified atom stereocenters. The van der Waals surface area contributed by atoms with Gasteiger partial charge in [-0.1, -0.05) is 32.1 Å². The van der Waals surface area contributed by atoms with Gasteiger partial charge in [0.1, 0.15) is 0 Å². The zero-order chi connectivity index (χ0) is 15.5. The highest BCUT2D eigenvalue weighted by atomic mass is 32.1. The molecule has 0 amide bonds. The van der Waals surface area contributed by atoms with Crippen LogP contribution in [0.2, 0.25) is 0 Å². The molecule has 0 fully saturated rings. The average Bonchev–Trinajstić information content (AvgIpc) is 3.05. The second kappa shape index (κ2) is 6.39. The number of ether oxygens (including phenoxy) is 1. The third kappa shape index (κ3) is 3.69. The maximum atomic E-state index is 12.0. The van der Waals surface area contributed by atoms with Crippen molar-refractivity contribution in [2.24, 2.45) is 0 Å². The molecule has 6 heteroatoms. The molecule has 0 spiro atoms. The minimum absolute atomic E-state index is 0.221. The van der Waals surface area contributed by atoms with Crippen molar-refractivity contribution in [2.75, 3.05) is 6.61 Å². The normalized spacial score (nSPS) is 11.6. The monoisotopic (exact) mass is 307 g/mol. The summed E-state index contributed by atoms with van der Waals surface area (Å²) in [7, 11) is 0. The molecular weight excluding hydrogens is 286 g/mol. The Kier molecular flexibility index (Phi) is 4.77. The van der Waals surface area contributed by atoms with Crippen molar-refractivity contribution in [2.45, 2.75) is 46.1 Å². The van der Waals surface area contributed by atoms with E-state index in [1.807, 2.05) is 10.7 Å². The summed E-state index contributed by atoms with van der Waals surface area (Å²) >= 11 is 1.72. The Morgan fingerprint density at radius 3 is 2.76 bits per heavy atom. The van der Waals surface area contributed by atoms with Crippen molar-refractivity contribution in [1.82, 2.24) is 15.0 Å². The van der Waals surface area contributed by atoms with E-state index in [1.165, 1.54) is 4.88 Å². The van der Waals surface area contributed by atoms with Gasteiger partial charge in [-0.15, -0.1) is 16.4 Å². The van der Waals surface area contributed by atoms with Gasteiger partial charge in [0.25, 0.3) is 0 Å². The Balaban J connectivity index is 2.26. The fourth-order valence-electron chi connectivity index (χ4n) is 2.22. The van der Waals surface area contributed by atoms with Crippen molar-refractivity contribution in [3.63, 3.8) is 0 Å². The number of carbonyl (C=O) groups is 1. The lowest BCUT2D eigenvalue weighted by Crippen LogP contribution is -2.23. The molecule has 0 N–H and O–H groups in total. The number of carbonyl (C=O) groups excluding carboxylic acids is 1. The van der Waals surface area contributed by atoms with Crippen LogP contribution in [0.5, 0.6) is 0 Å². The number of hydrogen-bond acceptors (Lipinski definition) is 5. The second-order valence-corrected chi connectivity index (χ2v) is 6.84. The Morgan fingerprint density at radius 1 is 1.43 bits per heavy atom. The number of rotatable bonds is 5. The van der Waals surface area contributed by atoms with Gasteiger partial charge in [0, 0.05) is 23.3 Å². The van der Waals surface area contributed by atoms with Crippen LogP contribution in [0.4, 0.5) is 0 Å². The number of thiophene rings is 1. The Labute approximate surface area is 128 Å². The maximum absolute atomic E-state index is 12.0. The summed E-state index contributed by atoms with van der Waals surface area (Å²) in [5, 5.41) is 10.3. The lowest BCUT2D eigenvalue weighted by atomic mass is 9.90. The molecule has 2 aromatic rings. The Morgan fingerprint density at radius 2 is 2.19 bits per heavy atom. The minimum Gasteiger partial charge on any atom is -0.461 e. The van der Waals surface area contributed by atoms with E-state index in [9.17, 15) is 4.79 Å². The zero-order valence-corrected chi connectivity index (χ0v) is 13.7. The summed E-state index contributed by atoms with van der Waals surface area (Å²) in [5.74, 6) is -0.398. The largest absolute Gasteiger partial charge is 0.461 e. The summed E-state index contributed by atoms with van der Waals surface area (Å²) in [5.41, 5.74) is 0.939. The van der Waals surface area contributed by atoms with Crippen LogP contribution < -0.4 is 0 Å². The van der Waals surface area contributed by atoms with Crippen molar-refractivity contribution in [1.29, 1.82) is 0 Å². The first-order valence-corrected chi connectivity index (χ1v) is 7.95. The van der Waals surface area contributed by atoms with Crippen LogP contribution in [0.25, 0.3) is 0 Å². The van der Waals surface area contributed by atoms with E-state index in [4.69, 9.17) is 4.74 Å². The van der Waals surface area contributed by atoms with Crippen LogP contribution in [0, 0.1) is 0 Å². The van der Waals surface area contributed by atoms with Gasteiger partial charge in [-0.2, -0.15) is 0 Å². The number of hydrogen-bond donors (Lipinski definition) is 0. The Bertz CT molecular complexity index is 597. The predicted molar refractivity (Wildman–Crippen MR) is 82.7 cm³/mol. The molecule has 0 aliphatic carbocycles. The highest BCUT2D eigenvalue weighted by Crippen LogP contribution is 2.25. The molecule has 2 aromatic heterocycles. The summed E-state index contributed by atoms with van der Waals surface area (Å²) in [4.78, 5) is 13.3. The molecule has 0 saturated carbocycles. The van der Waals surface area contributed by atoms with Gasteiger partial charge in [-0.3, -0.25) is 0 Å². The van der Waals surface area contributed by atoms with Crippen LogP contribution in [-0.2, 0) is 23.1 Å². The van der Waals surface area contributed by atoms with Crippen LogP contribution in [0.1, 0.15) is 48.8 Å². The highest BCUT2D eigenvalue weighted by Gasteiger charge is 2.29. The molecule has 114 valence electrons. The number of aromatic nitrogens is 3. The quantitative estimate of drug-likeness (QED) is 0.797. The average molecular weight is 307 g/mol. The maximum Gasteiger partial charge on any atom is 0.360 e. The van der Waals surface area contributed by atoms with Crippen LogP contribution in [0.3, 0.4) is 0 Å². The van der Waals surface area contributed by atoms with Gasteiger partial charge in [0.2, 0.25) is 0 Å². The van der Waals surface area contributed by atoms with E-state index in [-0.39, 0.29) is 5.41 Å². The first-order chi connectivity index (χ1) is 9.93. The zero-order valence-electron chi connectivity index (χ0n) is 12.9. The third-order valence-corrected chi connectivity index (χ3v) is 4.00. The molecule has 2 rings (SSSR count). The molecule has 21 heavy (non-hydrogen) atoms. The molecular formula is C15H21N3O2S. The van der Waals surface area contributed by atoms with Gasteiger partial charge in [0.15, 0.2) is 5.69 Å². The minimum atomic E-state index is -0.398. The van der Waals surface area contributed by atoms with E-state index >= 15 is 0 Å². The molecule has 0 saturated heterocycles. The van der Waals surface area contributed by atoms with E-state index in [0.29, 0.717) is 18.8 Å². The number of esters is 1. The van der Waals surface area contributed by atoms with E-state index < -0.39 is 5.97 Å². The van der Waals surface area contributed by atoms with Gasteiger partial charge >= 0.3 is 5.97 Å². The topological polar surface area (TPSA) is 57.0 Å². The standard InChI is InChI=1S/C15H21N3O2S/c1-5-20-14(19)12-13(15(2,3)4)18(17-16-12)9-8-11-7-6-10-21-11/h6-7,10H,5,8-9H2,1-4H3. The summed E-state index contributed by atoms with van der Waals surface area (Å²) in [6, 6.07) is 4.14. The fourth-order valence-corrected chi connectivity index (χ4v) is 2.92. The second-order valence-electron chi connectivity index (χ2n) is 5.81. The van der Waals surface area contributed by atoms with E-state index in [2.05, 4.69) is 42.5 Å². The van der Waals surface area contributed by atoms with Gasteiger partial charge in [0.05, 0.1) is 12.3 Å². The molecule has 5 nitrogen and oxygen atoms in total. The van der Waals surface area contributed by atoms with Gasteiger partial charge < -0.3 is 4.74 Å². The molecule has 0 aliphatic heterocycles. The lowest BCUT2D eigenvalue weighted by Gasteiger charge is -2.20. The highest BCUT2D eigenvalue weighted by molar-refractivity contribution is 7.09. The molecule has 2 heterocycles. The van der Waals surface area contributed by atoms with E-state index in [0.717, 1.165) is 12.1 Å². The van der Waals surface area contributed by atoms with Crippen molar-refractivity contribution in [3.05, 3.63) is 33.8 Å². The third-order valence-electron chi connectivity index (χ3n) is 3.06. The van der Waals surface area contributed by atoms with Crippen LogP contribution >= 0.6 is 11.3 Å². The van der Waals surface area contributed by atoms with Crippen molar-refractivity contribution < 1.29 is 9.53 Å². The van der Waals surface area contributed by atoms with E-state index in [1.54, 1.807) is 18.3 Å². The smallest absolute Gasteiger partial charge is 0.360 e.